The number of pyridine rings is 1. The number of rotatable bonds is 10. The average Bonchev–Trinajstić information content (AvgIpc) is 3.23. The number of ether oxygens (including phenoxy) is 2. The molecular weight excluding hydrogens is 418 g/mol. The maximum absolute atomic E-state index is 12.8. The number of amides is 1. The van der Waals surface area contributed by atoms with Gasteiger partial charge in [0, 0.05) is 24.7 Å². The van der Waals surface area contributed by atoms with Crippen LogP contribution in [0.3, 0.4) is 0 Å². The molecule has 0 spiro atoms. The minimum Gasteiger partial charge on any atom is -0.379 e. The maximum atomic E-state index is 12.8. The van der Waals surface area contributed by atoms with Crippen LogP contribution in [0.15, 0.2) is 60.8 Å². The summed E-state index contributed by atoms with van der Waals surface area (Å²) in [5.41, 5.74) is 4.57. The molecule has 0 saturated heterocycles. The molecule has 2 aromatic carbocycles. The Kier molecular flexibility index (Phi) is 7.39. The van der Waals surface area contributed by atoms with Gasteiger partial charge in [-0.2, -0.15) is 0 Å². The van der Waals surface area contributed by atoms with Gasteiger partial charge in [-0.1, -0.05) is 47.7 Å². The number of hydrogen-bond acceptors (Lipinski definition) is 6. The number of nitrogens with zero attached hydrogens (tertiary/aromatic N) is 4. The Balaban J connectivity index is 1.41. The highest BCUT2D eigenvalue weighted by Gasteiger charge is 2.18. The van der Waals surface area contributed by atoms with Crippen LogP contribution >= 0.6 is 0 Å². The topological polar surface area (TPSA) is 91.2 Å². The fourth-order valence-corrected chi connectivity index (χ4v) is 3.57. The molecule has 33 heavy (non-hydrogen) atoms. The van der Waals surface area contributed by atoms with Crippen molar-refractivity contribution in [2.45, 2.75) is 27.0 Å². The lowest BCUT2D eigenvalue weighted by molar-refractivity contribution is 0.0453. The molecule has 0 atom stereocenters. The van der Waals surface area contributed by atoms with E-state index in [0.717, 1.165) is 27.7 Å². The number of nitrogens with one attached hydrogen (secondary N) is 1. The Bertz CT molecular complexity index is 1230. The Hall–Kier alpha value is -3.62. The molecule has 8 heteroatoms. The lowest BCUT2D eigenvalue weighted by Gasteiger charge is -2.09. The molecule has 170 valence electrons. The minimum absolute atomic E-state index is 0.273. The van der Waals surface area contributed by atoms with Crippen LogP contribution in [0.5, 0.6) is 0 Å². The molecule has 0 saturated carbocycles. The first-order valence-electron chi connectivity index (χ1n) is 10.9. The predicted molar refractivity (Wildman–Crippen MR) is 125 cm³/mol. The molecule has 8 nitrogen and oxygen atoms in total. The fraction of sp³-hybridized carbons (Fsp3) is 0.280. The average molecular weight is 446 g/mol. The fourth-order valence-electron chi connectivity index (χ4n) is 3.57. The van der Waals surface area contributed by atoms with E-state index in [9.17, 15) is 4.79 Å². The molecule has 2 aromatic heterocycles. The summed E-state index contributed by atoms with van der Waals surface area (Å²) in [6, 6.07) is 17.7. The van der Waals surface area contributed by atoms with E-state index in [0.29, 0.717) is 44.4 Å². The number of para-hydroxylation sites is 1. The summed E-state index contributed by atoms with van der Waals surface area (Å²) in [5.74, 6) is -0.273. The molecule has 0 fully saturated rings. The molecule has 0 radical (unpaired) electrons. The molecule has 0 aliphatic heterocycles. The van der Waals surface area contributed by atoms with Crippen molar-refractivity contribution in [3.05, 3.63) is 83.3 Å². The predicted octanol–water partition coefficient (Wildman–Crippen LogP) is 3.61. The maximum Gasteiger partial charge on any atom is 0.274 e. The Morgan fingerprint density at radius 1 is 1.03 bits per heavy atom. The van der Waals surface area contributed by atoms with Gasteiger partial charge < -0.3 is 14.8 Å². The van der Waals surface area contributed by atoms with E-state index in [2.05, 4.69) is 20.6 Å². The summed E-state index contributed by atoms with van der Waals surface area (Å²) < 4.78 is 12.6. The van der Waals surface area contributed by atoms with E-state index >= 15 is 0 Å². The summed E-state index contributed by atoms with van der Waals surface area (Å²) >= 11 is 0. The van der Waals surface area contributed by atoms with E-state index in [4.69, 9.17) is 9.47 Å². The van der Waals surface area contributed by atoms with Crippen molar-refractivity contribution < 1.29 is 14.3 Å². The van der Waals surface area contributed by atoms with Gasteiger partial charge in [0.15, 0.2) is 5.69 Å². The van der Waals surface area contributed by atoms with Crippen LogP contribution in [0.4, 0.5) is 0 Å². The molecule has 4 aromatic rings. The summed E-state index contributed by atoms with van der Waals surface area (Å²) in [7, 11) is 0. The number of benzene rings is 2. The second kappa shape index (κ2) is 10.8. The molecule has 0 bridgehead atoms. The number of aromatic nitrogens is 4. The van der Waals surface area contributed by atoms with Gasteiger partial charge >= 0.3 is 0 Å². The van der Waals surface area contributed by atoms with Crippen molar-refractivity contribution >= 4 is 16.8 Å². The first-order valence-corrected chi connectivity index (χ1v) is 10.9. The van der Waals surface area contributed by atoms with Crippen molar-refractivity contribution in [1.29, 1.82) is 0 Å². The van der Waals surface area contributed by atoms with Gasteiger partial charge in [-0.3, -0.25) is 9.78 Å². The minimum atomic E-state index is -0.273. The summed E-state index contributed by atoms with van der Waals surface area (Å²) in [5, 5.41) is 12.3. The van der Waals surface area contributed by atoms with Gasteiger partial charge in [0.1, 0.15) is 0 Å². The zero-order valence-electron chi connectivity index (χ0n) is 18.8. The van der Waals surface area contributed by atoms with E-state index in [1.165, 1.54) is 0 Å². The summed E-state index contributed by atoms with van der Waals surface area (Å²) in [6.07, 6.45) is 1.74. The normalized spacial score (nSPS) is 11.1. The molecule has 0 aliphatic carbocycles. The standard InChI is InChI=1S/C25H27N5O3/c1-3-32-13-14-33-17-20-8-4-7-19(15-20)16-27-25(31)23-18(2)30(29-28-23)22-11-5-9-21-10-6-12-26-24(21)22/h4-12,15H,3,13-14,16-17H2,1-2H3,(H,27,31). The van der Waals surface area contributed by atoms with Gasteiger partial charge in [0.2, 0.25) is 0 Å². The SMILES string of the molecule is CCOCCOCc1cccc(CNC(=O)c2nnn(-c3cccc4cccnc34)c2C)c1. The smallest absolute Gasteiger partial charge is 0.274 e. The van der Waals surface area contributed by atoms with Crippen molar-refractivity contribution in [2.75, 3.05) is 19.8 Å². The largest absolute Gasteiger partial charge is 0.379 e. The molecule has 1 N–H and O–H groups in total. The van der Waals surface area contributed by atoms with Gasteiger partial charge in [-0.15, -0.1) is 5.10 Å². The van der Waals surface area contributed by atoms with E-state index in [1.807, 2.05) is 68.4 Å². The highest BCUT2D eigenvalue weighted by Crippen LogP contribution is 2.21. The van der Waals surface area contributed by atoms with Gasteiger partial charge in [0.05, 0.1) is 36.7 Å². The molecule has 4 rings (SSSR count). The van der Waals surface area contributed by atoms with Crippen LogP contribution in [0.2, 0.25) is 0 Å². The highest BCUT2D eigenvalue weighted by molar-refractivity contribution is 5.93. The number of hydrogen-bond donors (Lipinski definition) is 1. The number of fused-ring (bicyclic) bond motifs is 1. The third-order valence-corrected chi connectivity index (χ3v) is 5.24. The summed E-state index contributed by atoms with van der Waals surface area (Å²) in [6.45, 7) is 6.49. The number of carbonyl (C=O) groups is 1. The Morgan fingerprint density at radius 2 is 1.82 bits per heavy atom. The van der Waals surface area contributed by atoms with Gasteiger partial charge in [0.25, 0.3) is 5.91 Å². The van der Waals surface area contributed by atoms with Crippen molar-refractivity contribution in [1.82, 2.24) is 25.3 Å². The van der Waals surface area contributed by atoms with E-state index in [1.54, 1.807) is 10.9 Å². The van der Waals surface area contributed by atoms with E-state index < -0.39 is 0 Å². The van der Waals surface area contributed by atoms with E-state index in [-0.39, 0.29) is 5.91 Å². The molecule has 0 aliphatic rings. The lowest BCUT2D eigenvalue weighted by Crippen LogP contribution is -2.24. The Labute approximate surface area is 192 Å². The third kappa shape index (κ3) is 5.42. The van der Waals surface area contributed by atoms with Crippen LogP contribution in [-0.2, 0) is 22.6 Å². The van der Waals surface area contributed by atoms with Crippen LogP contribution in [0.1, 0.15) is 34.2 Å². The second-order valence-corrected chi connectivity index (χ2v) is 7.54. The third-order valence-electron chi connectivity index (χ3n) is 5.24. The lowest BCUT2D eigenvalue weighted by atomic mass is 10.1. The quantitative estimate of drug-likeness (QED) is 0.375. The highest BCUT2D eigenvalue weighted by atomic mass is 16.5. The monoisotopic (exact) mass is 445 g/mol. The van der Waals surface area contributed by atoms with Crippen LogP contribution in [-0.4, -0.2) is 45.7 Å². The first-order chi connectivity index (χ1) is 16.2. The van der Waals surface area contributed by atoms with Crippen LogP contribution in [0.25, 0.3) is 16.6 Å². The van der Waals surface area contributed by atoms with Crippen molar-refractivity contribution in [3.63, 3.8) is 0 Å². The summed E-state index contributed by atoms with van der Waals surface area (Å²) in [4.78, 5) is 17.3. The molecule has 2 heterocycles. The van der Waals surface area contributed by atoms with Gasteiger partial charge in [-0.05, 0) is 37.1 Å². The van der Waals surface area contributed by atoms with Gasteiger partial charge in [-0.25, -0.2) is 4.68 Å². The number of carbonyl (C=O) groups excluding carboxylic acids is 1. The van der Waals surface area contributed by atoms with Crippen molar-refractivity contribution in [2.24, 2.45) is 0 Å². The van der Waals surface area contributed by atoms with Crippen molar-refractivity contribution in [3.8, 4) is 5.69 Å². The molecule has 0 unspecified atom stereocenters. The first kappa shape index (κ1) is 22.6. The molecular formula is C25H27N5O3. The zero-order valence-corrected chi connectivity index (χ0v) is 18.8. The molecule has 1 amide bonds. The second-order valence-electron chi connectivity index (χ2n) is 7.54. The van der Waals surface area contributed by atoms with Crippen LogP contribution < -0.4 is 5.32 Å². The van der Waals surface area contributed by atoms with Crippen LogP contribution in [0, 0.1) is 6.92 Å². The zero-order chi connectivity index (χ0) is 23.0. The Morgan fingerprint density at radius 3 is 2.70 bits per heavy atom.